The number of aliphatic hydroxyl groups excluding tert-OH is 1. The van der Waals surface area contributed by atoms with Gasteiger partial charge in [-0.2, -0.15) is 0 Å². The molecule has 7 heteroatoms. The molecule has 1 aliphatic heterocycles. The second-order valence-corrected chi connectivity index (χ2v) is 4.68. The number of methoxy groups -OCH3 is 1. The van der Waals surface area contributed by atoms with E-state index >= 15 is 0 Å². The summed E-state index contributed by atoms with van der Waals surface area (Å²) in [6, 6.07) is 0.420. The lowest BCUT2D eigenvalue weighted by Crippen LogP contribution is -2.49. The first-order valence-electron chi connectivity index (χ1n) is 6.21. The molecule has 0 spiro atoms. The molecule has 1 amide bonds. The smallest absolute Gasteiger partial charge is 0.244 e. The van der Waals surface area contributed by atoms with Crippen molar-refractivity contribution in [1.82, 2.24) is 5.32 Å². The molecule has 0 saturated carbocycles. The monoisotopic (exact) mass is 286 g/mol. The van der Waals surface area contributed by atoms with E-state index in [2.05, 4.69) is 10.6 Å². The van der Waals surface area contributed by atoms with E-state index in [1.807, 2.05) is 0 Å². The zero-order chi connectivity index (χ0) is 14.9. The Morgan fingerprint density at radius 2 is 2.15 bits per heavy atom. The van der Waals surface area contributed by atoms with E-state index in [0.29, 0.717) is 12.8 Å². The summed E-state index contributed by atoms with van der Waals surface area (Å²) in [5.41, 5.74) is -0.0689. The van der Waals surface area contributed by atoms with Gasteiger partial charge in [-0.1, -0.05) is 0 Å². The minimum absolute atomic E-state index is 0.0737. The summed E-state index contributed by atoms with van der Waals surface area (Å²) in [6.45, 7) is 1.31. The Hall–Kier alpha value is -1.89. The molecule has 0 aromatic heterocycles. The highest BCUT2D eigenvalue weighted by Gasteiger charge is 2.28. The molecule has 1 aromatic carbocycles. The number of carbonyl (C=O) groups excluding carboxylic acids is 1. The lowest BCUT2D eigenvalue weighted by Gasteiger charge is -2.28. The number of hydrogen-bond donors (Lipinski definition) is 3. The van der Waals surface area contributed by atoms with Crippen LogP contribution in [-0.2, 0) is 4.79 Å². The van der Waals surface area contributed by atoms with Gasteiger partial charge in [0.15, 0.2) is 11.6 Å². The summed E-state index contributed by atoms with van der Waals surface area (Å²) >= 11 is 0. The fourth-order valence-electron chi connectivity index (χ4n) is 2.12. The van der Waals surface area contributed by atoms with Crippen LogP contribution in [0.25, 0.3) is 0 Å². The first-order chi connectivity index (χ1) is 9.43. The molecule has 1 heterocycles. The molecule has 1 saturated heterocycles. The summed E-state index contributed by atoms with van der Waals surface area (Å²) < 4.78 is 32.4. The van der Waals surface area contributed by atoms with Crippen molar-refractivity contribution < 1.29 is 23.4 Å². The quantitative estimate of drug-likeness (QED) is 0.783. The molecule has 2 atom stereocenters. The lowest BCUT2D eigenvalue weighted by atomic mass is 10.0. The van der Waals surface area contributed by atoms with Crippen molar-refractivity contribution in [3.05, 3.63) is 23.3 Å². The van der Waals surface area contributed by atoms with E-state index in [0.717, 1.165) is 6.07 Å². The fraction of sp³-hybridized carbons (Fsp3) is 0.462. The maximum absolute atomic E-state index is 13.9. The van der Waals surface area contributed by atoms with Crippen LogP contribution in [0.4, 0.5) is 14.5 Å². The van der Waals surface area contributed by atoms with Crippen molar-refractivity contribution in [2.75, 3.05) is 12.4 Å². The number of anilines is 1. The Kier molecular flexibility index (Phi) is 4.08. The minimum Gasteiger partial charge on any atom is -0.492 e. The Morgan fingerprint density at radius 3 is 2.75 bits per heavy atom. The standard InChI is InChI=1S/C13H16F2N2O3/c1-6-7(14)5-9(12(20-2)11(6)15)16-8-3-4-10(18)17-13(8)19/h5,8,10,16,18H,3-4H2,1-2H3,(H,17,19). The van der Waals surface area contributed by atoms with Crippen LogP contribution in [0.2, 0.25) is 0 Å². The molecule has 1 aliphatic rings. The predicted molar refractivity (Wildman–Crippen MR) is 68.4 cm³/mol. The topological polar surface area (TPSA) is 70.6 Å². The van der Waals surface area contributed by atoms with Gasteiger partial charge < -0.3 is 20.5 Å². The van der Waals surface area contributed by atoms with Gasteiger partial charge in [0.1, 0.15) is 18.1 Å². The highest BCUT2D eigenvalue weighted by Crippen LogP contribution is 2.33. The van der Waals surface area contributed by atoms with Crippen LogP contribution in [0.15, 0.2) is 6.07 Å². The molecule has 0 aliphatic carbocycles. The molecule has 1 aromatic rings. The average Bonchev–Trinajstić information content (AvgIpc) is 2.40. The molecule has 20 heavy (non-hydrogen) atoms. The summed E-state index contributed by atoms with van der Waals surface area (Å²) in [5.74, 6) is -2.08. The van der Waals surface area contributed by atoms with Crippen LogP contribution in [-0.4, -0.2) is 30.4 Å². The van der Waals surface area contributed by atoms with E-state index in [9.17, 15) is 18.7 Å². The molecule has 3 N–H and O–H groups in total. The van der Waals surface area contributed by atoms with Crippen molar-refractivity contribution in [1.29, 1.82) is 0 Å². The van der Waals surface area contributed by atoms with Gasteiger partial charge in [-0.15, -0.1) is 0 Å². The molecule has 0 radical (unpaired) electrons. The third-order valence-electron chi connectivity index (χ3n) is 3.29. The van der Waals surface area contributed by atoms with Crippen molar-refractivity contribution >= 4 is 11.6 Å². The lowest BCUT2D eigenvalue weighted by molar-refractivity contribution is -0.127. The molecule has 5 nitrogen and oxygen atoms in total. The number of benzene rings is 1. The number of rotatable bonds is 3. The Labute approximate surface area is 114 Å². The highest BCUT2D eigenvalue weighted by molar-refractivity contribution is 5.86. The largest absolute Gasteiger partial charge is 0.492 e. The molecule has 110 valence electrons. The van der Waals surface area contributed by atoms with Gasteiger partial charge in [0, 0.05) is 11.6 Å². The van der Waals surface area contributed by atoms with Gasteiger partial charge in [-0.05, 0) is 19.8 Å². The number of aliphatic hydroxyl groups is 1. The molecular formula is C13H16F2N2O3. The van der Waals surface area contributed by atoms with Crippen LogP contribution in [0.5, 0.6) is 5.75 Å². The zero-order valence-corrected chi connectivity index (χ0v) is 11.2. The Balaban J connectivity index is 2.27. The van der Waals surface area contributed by atoms with Gasteiger partial charge in [-0.25, -0.2) is 8.78 Å². The normalized spacial score (nSPS) is 22.4. The van der Waals surface area contributed by atoms with E-state index in [-0.39, 0.29) is 17.0 Å². The number of nitrogens with one attached hydrogen (secondary N) is 2. The summed E-state index contributed by atoms with van der Waals surface area (Å²) in [4.78, 5) is 11.7. The molecule has 2 rings (SSSR count). The SMILES string of the molecule is COc1c(NC2CCC(O)NC2=O)cc(F)c(C)c1F. The highest BCUT2D eigenvalue weighted by atomic mass is 19.1. The van der Waals surface area contributed by atoms with Crippen molar-refractivity contribution in [2.24, 2.45) is 0 Å². The third kappa shape index (κ3) is 2.67. The molecule has 1 fully saturated rings. The zero-order valence-electron chi connectivity index (χ0n) is 11.2. The fourth-order valence-corrected chi connectivity index (χ4v) is 2.12. The maximum Gasteiger partial charge on any atom is 0.244 e. The van der Waals surface area contributed by atoms with Crippen molar-refractivity contribution in [3.8, 4) is 5.75 Å². The Morgan fingerprint density at radius 1 is 1.45 bits per heavy atom. The summed E-state index contributed by atoms with van der Waals surface area (Å²) in [5, 5.41) is 14.4. The maximum atomic E-state index is 13.9. The number of ether oxygens (including phenoxy) is 1. The number of piperidine rings is 1. The van der Waals surface area contributed by atoms with Crippen LogP contribution < -0.4 is 15.4 Å². The van der Waals surface area contributed by atoms with Crippen LogP contribution in [0.1, 0.15) is 18.4 Å². The van der Waals surface area contributed by atoms with E-state index in [1.165, 1.54) is 14.0 Å². The summed E-state index contributed by atoms with van der Waals surface area (Å²) in [7, 11) is 1.27. The van der Waals surface area contributed by atoms with Crippen LogP contribution in [0.3, 0.4) is 0 Å². The number of halogens is 2. The second-order valence-electron chi connectivity index (χ2n) is 4.68. The molecule has 2 unspecified atom stereocenters. The van der Waals surface area contributed by atoms with Gasteiger partial charge >= 0.3 is 0 Å². The van der Waals surface area contributed by atoms with Gasteiger partial charge in [0.2, 0.25) is 5.91 Å². The van der Waals surface area contributed by atoms with Crippen molar-refractivity contribution in [2.45, 2.75) is 32.0 Å². The molecule has 0 bridgehead atoms. The van der Waals surface area contributed by atoms with E-state index in [1.54, 1.807) is 0 Å². The molecular weight excluding hydrogens is 270 g/mol. The van der Waals surface area contributed by atoms with Gasteiger partial charge in [0.05, 0.1) is 12.8 Å². The first-order valence-corrected chi connectivity index (χ1v) is 6.21. The van der Waals surface area contributed by atoms with E-state index in [4.69, 9.17) is 4.74 Å². The average molecular weight is 286 g/mol. The number of carbonyl (C=O) groups is 1. The minimum atomic E-state index is -0.881. The van der Waals surface area contributed by atoms with Gasteiger partial charge in [-0.3, -0.25) is 4.79 Å². The van der Waals surface area contributed by atoms with Crippen molar-refractivity contribution in [3.63, 3.8) is 0 Å². The first kappa shape index (κ1) is 14.5. The summed E-state index contributed by atoms with van der Waals surface area (Å²) in [6.07, 6.45) is -0.163. The van der Waals surface area contributed by atoms with Crippen LogP contribution >= 0.6 is 0 Å². The predicted octanol–water partition coefficient (Wildman–Crippen LogP) is 1.29. The second kappa shape index (κ2) is 5.62. The van der Waals surface area contributed by atoms with Crippen LogP contribution in [0, 0.1) is 18.6 Å². The van der Waals surface area contributed by atoms with Gasteiger partial charge in [0.25, 0.3) is 0 Å². The third-order valence-corrected chi connectivity index (χ3v) is 3.29. The Bertz CT molecular complexity index is 537. The number of amides is 1. The number of hydrogen-bond acceptors (Lipinski definition) is 4. The van der Waals surface area contributed by atoms with E-state index < -0.39 is 29.8 Å².